The molecule has 0 saturated carbocycles. The van der Waals surface area contributed by atoms with Gasteiger partial charge in [0.15, 0.2) is 10.6 Å². The highest BCUT2D eigenvalue weighted by Gasteiger charge is 2.42. The van der Waals surface area contributed by atoms with Crippen molar-refractivity contribution in [3.05, 3.63) is 133 Å². The maximum atomic E-state index is 14.4. The molecule has 0 bridgehead atoms. The lowest BCUT2D eigenvalue weighted by molar-refractivity contribution is 0.596. The highest BCUT2D eigenvalue weighted by atomic mass is 31.1. The number of hydrogen-bond donors (Lipinski definition) is 0. The minimum atomic E-state index is -2.02. The Hall–Kier alpha value is -3.96. The van der Waals surface area contributed by atoms with Gasteiger partial charge in [0.1, 0.15) is 0 Å². The SMILES string of the molecule is O=[P+](c1ccccc1)c1cc2ccccc2c(-c2cccc3ccccc23)c1[P+](=O)c1ccccc1. The van der Waals surface area contributed by atoms with E-state index in [1.54, 1.807) is 0 Å². The molecule has 0 spiro atoms. The monoisotopic (exact) mass is 500 g/mol. The molecule has 2 nitrogen and oxygen atoms in total. The maximum absolute atomic E-state index is 14.4. The van der Waals surface area contributed by atoms with E-state index in [-0.39, 0.29) is 0 Å². The number of hydrogen-bond acceptors (Lipinski definition) is 2. The van der Waals surface area contributed by atoms with Crippen molar-refractivity contribution < 1.29 is 9.13 Å². The molecule has 4 heteroatoms. The van der Waals surface area contributed by atoms with Crippen molar-refractivity contribution in [2.24, 2.45) is 0 Å². The van der Waals surface area contributed by atoms with Gasteiger partial charge in [-0.15, -0.1) is 0 Å². The van der Waals surface area contributed by atoms with Gasteiger partial charge in [0, 0.05) is 11.6 Å². The highest BCUT2D eigenvalue weighted by molar-refractivity contribution is 7.68. The second-order valence-corrected chi connectivity index (χ2v) is 11.8. The largest absolute Gasteiger partial charge is 0.420 e. The van der Waals surface area contributed by atoms with Crippen LogP contribution in [0.2, 0.25) is 0 Å². The molecule has 0 aliphatic rings. The molecule has 6 aromatic carbocycles. The molecule has 2 unspecified atom stereocenters. The summed E-state index contributed by atoms with van der Waals surface area (Å²) >= 11 is 0. The van der Waals surface area contributed by atoms with E-state index in [1.807, 2.05) is 103 Å². The molecular weight excluding hydrogens is 478 g/mol. The minimum Gasteiger partial charge on any atom is -0.0619 e. The third-order valence-electron chi connectivity index (χ3n) is 6.46. The molecule has 0 aromatic heterocycles. The van der Waals surface area contributed by atoms with E-state index in [4.69, 9.17) is 0 Å². The molecular formula is C32H22O2P2+2. The number of fused-ring (bicyclic) bond motifs is 2. The van der Waals surface area contributed by atoms with Gasteiger partial charge in [-0.2, -0.15) is 0 Å². The quantitative estimate of drug-likeness (QED) is 0.234. The van der Waals surface area contributed by atoms with Crippen LogP contribution in [0.1, 0.15) is 0 Å². The zero-order valence-corrected chi connectivity index (χ0v) is 21.2. The summed E-state index contributed by atoms with van der Waals surface area (Å²) in [4.78, 5) is 0. The molecule has 0 radical (unpaired) electrons. The van der Waals surface area contributed by atoms with Crippen molar-refractivity contribution in [1.29, 1.82) is 0 Å². The molecule has 0 fully saturated rings. The van der Waals surface area contributed by atoms with E-state index in [0.29, 0.717) is 10.6 Å². The van der Waals surface area contributed by atoms with Crippen LogP contribution >= 0.6 is 15.6 Å². The first-order valence-electron chi connectivity index (χ1n) is 11.8. The van der Waals surface area contributed by atoms with Gasteiger partial charge in [-0.25, -0.2) is 0 Å². The van der Waals surface area contributed by atoms with Crippen LogP contribution in [0.4, 0.5) is 0 Å². The Morgan fingerprint density at radius 1 is 0.444 bits per heavy atom. The summed E-state index contributed by atoms with van der Waals surface area (Å²) in [5.74, 6) is 0. The lowest BCUT2D eigenvalue weighted by atomic mass is 9.94. The van der Waals surface area contributed by atoms with Crippen molar-refractivity contribution in [1.82, 2.24) is 0 Å². The molecule has 0 aliphatic carbocycles. The summed E-state index contributed by atoms with van der Waals surface area (Å²) < 4.78 is 28.5. The average Bonchev–Trinajstić information content (AvgIpc) is 2.96. The summed E-state index contributed by atoms with van der Waals surface area (Å²) in [7, 11) is -3.99. The predicted octanol–water partition coefficient (Wildman–Crippen LogP) is 7.22. The number of benzene rings is 6. The van der Waals surface area contributed by atoms with Gasteiger partial charge in [0.05, 0.1) is 0 Å². The van der Waals surface area contributed by atoms with Gasteiger partial charge in [0.2, 0.25) is 0 Å². The van der Waals surface area contributed by atoms with Gasteiger partial charge in [-0.3, -0.25) is 0 Å². The molecule has 2 atom stereocenters. The van der Waals surface area contributed by atoms with Crippen molar-refractivity contribution in [3.63, 3.8) is 0 Å². The standard InChI is InChI=1S/C32H22O2P2/c33-35(25-15-3-1-4-16-25)30-22-24-13-8-10-20-28(24)31(32(30)36(34)26-17-5-2-6-18-26)29-21-11-14-23-12-7-9-19-27(23)29/h1-22H/q+2. The third kappa shape index (κ3) is 3.95. The van der Waals surface area contributed by atoms with Gasteiger partial charge in [0.25, 0.3) is 10.6 Å². The van der Waals surface area contributed by atoms with E-state index < -0.39 is 15.6 Å². The van der Waals surface area contributed by atoms with E-state index in [1.165, 1.54) is 0 Å². The van der Waals surface area contributed by atoms with Gasteiger partial charge in [-0.05, 0) is 51.4 Å². The zero-order chi connectivity index (χ0) is 24.5. The van der Waals surface area contributed by atoms with Crippen molar-refractivity contribution >= 4 is 58.4 Å². The average molecular weight is 500 g/mol. The molecule has 36 heavy (non-hydrogen) atoms. The Kier molecular flexibility index (Phi) is 5.99. The predicted molar refractivity (Wildman–Crippen MR) is 154 cm³/mol. The summed E-state index contributed by atoms with van der Waals surface area (Å²) in [6.45, 7) is 0. The van der Waals surface area contributed by atoms with Crippen LogP contribution < -0.4 is 21.2 Å². The third-order valence-corrected chi connectivity index (χ3v) is 9.84. The van der Waals surface area contributed by atoms with E-state index in [0.717, 1.165) is 43.3 Å². The van der Waals surface area contributed by atoms with Crippen LogP contribution in [0.15, 0.2) is 133 Å². The van der Waals surface area contributed by atoms with Crippen LogP contribution in [0.25, 0.3) is 32.7 Å². The zero-order valence-electron chi connectivity index (χ0n) is 19.4. The van der Waals surface area contributed by atoms with Crippen LogP contribution in [-0.4, -0.2) is 0 Å². The fourth-order valence-electron chi connectivity index (χ4n) is 4.79. The van der Waals surface area contributed by atoms with Gasteiger partial charge >= 0.3 is 15.6 Å². The Bertz CT molecular complexity index is 1760. The topological polar surface area (TPSA) is 34.1 Å². The molecule has 6 aromatic rings. The van der Waals surface area contributed by atoms with Crippen molar-refractivity contribution in [3.8, 4) is 11.1 Å². The van der Waals surface area contributed by atoms with E-state index in [9.17, 15) is 9.13 Å². The normalized spacial score (nSPS) is 12.0. The molecule has 0 aliphatic heterocycles. The van der Waals surface area contributed by atoms with Crippen LogP contribution in [0.3, 0.4) is 0 Å². The second kappa shape index (κ2) is 9.59. The maximum Gasteiger partial charge on any atom is 0.420 e. The first-order valence-corrected chi connectivity index (χ1v) is 14.3. The van der Waals surface area contributed by atoms with Crippen molar-refractivity contribution in [2.45, 2.75) is 0 Å². The second-order valence-electron chi connectivity index (χ2n) is 8.63. The minimum absolute atomic E-state index is 0.628. The first kappa shape index (κ1) is 22.5. The summed E-state index contributed by atoms with van der Waals surface area (Å²) in [5.41, 5.74) is 1.89. The summed E-state index contributed by atoms with van der Waals surface area (Å²) in [6, 6.07) is 43.5. The number of rotatable bonds is 5. The molecule has 0 saturated heterocycles. The molecule has 170 valence electrons. The van der Waals surface area contributed by atoms with Gasteiger partial charge in [-0.1, -0.05) is 112 Å². The molecule has 0 N–H and O–H groups in total. The van der Waals surface area contributed by atoms with Gasteiger partial charge < -0.3 is 0 Å². The fourth-order valence-corrected chi connectivity index (χ4v) is 8.04. The lowest BCUT2D eigenvalue weighted by Crippen LogP contribution is -2.26. The Balaban J connectivity index is 1.77. The molecule has 0 heterocycles. The highest BCUT2D eigenvalue weighted by Crippen LogP contribution is 2.39. The Morgan fingerprint density at radius 3 is 1.67 bits per heavy atom. The van der Waals surface area contributed by atoms with Crippen LogP contribution in [0, 0.1) is 0 Å². The first-order chi connectivity index (χ1) is 17.7. The van der Waals surface area contributed by atoms with E-state index in [2.05, 4.69) is 30.3 Å². The summed E-state index contributed by atoms with van der Waals surface area (Å²) in [6.07, 6.45) is 0. The molecule has 6 rings (SSSR count). The van der Waals surface area contributed by atoms with Crippen LogP contribution in [0.5, 0.6) is 0 Å². The Labute approximate surface area is 211 Å². The van der Waals surface area contributed by atoms with Crippen molar-refractivity contribution in [2.75, 3.05) is 0 Å². The van der Waals surface area contributed by atoms with E-state index >= 15 is 0 Å². The smallest absolute Gasteiger partial charge is 0.0619 e. The fraction of sp³-hybridized carbons (Fsp3) is 0. The van der Waals surface area contributed by atoms with Crippen LogP contribution in [-0.2, 0) is 9.13 Å². The summed E-state index contributed by atoms with van der Waals surface area (Å²) in [5, 5.41) is 6.90. The molecule has 0 amide bonds. The Morgan fingerprint density at radius 2 is 0.972 bits per heavy atom. The lowest BCUT2D eigenvalue weighted by Gasteiger charge is -2.11.